The molecular formula is C18H24N2O3. The predicted molar refractivity (Wildman–Crippen MR) is 85.9 cm³/mol. The minimum absolute atomic E-state index is 0.0138. The van der Waals surface area contributed by atoms with Crippen molar-refractivity contribution in [1.29, 1.82) is 0 Å². The third-order valence-electron chi connectivity index (χ3n) is 7.10. The van der Waals surface area contributed by atoms with E-state index in [9.17, 15) is 5.11 Å². The van der Waals surface area contributed by atoms with Crippen LogP contribution < -0.4 is 10.5 Å². The molecule has 1 spiro atoms. The number of rotatable bonds is 1. The average molecular weight is 316 g/mol. The molecule has 2 fully saturated rings. The summed E-state index contributed by atoms with van der Waals surface area (Å²) in [4.78, 5) is 2.44. The zero-order valence-electron chi connectivity index (χ0n) is 13.7. The Morgan fingerprint density at radius 1 is 1.39 bits per heavy atom. The molecule has 2 bridgehead atoms. The summed E-state index contributed by atoms with van der Waals surface area (Å²) in [7, 11) is 4.04. The molecule has 0 radical (unpaired) electrons. The molecule has 1 aromatic rings. The summed E-state index contributed by atoms with van der Waals surface area (Å²) in [6.45, 7) is 1.01. The van der Waals surface area contributed by atoms with Gasteiger partial charge >= 0.3 is 0 Å². The van der Waals surface area contributed by atoms with Crippen LogP contribution >= 0.6 is 0 Å². The van der Waals surface area contributed by atoms with Gasteiger partial charge in [0.25, 0.3) is 0 Å². The Morgan fingerprint density at radius 3 is 3.00 bits per heavy atom. The molecule has 0 amide bonds. The Labute approximate surface area is 136 Å². The van der Waals surface area contributed by atoms with Gasteiger partial charge in [0.2, 0.25) is 0 Å². The second-order valence-corrected chi connectivity index (χ2v) is 7.70. The third-order valence-corrected chi connectivity index (χ3v) is 7.10. The Morgan fingerprint density at radius 2 is 2.22 bits per heavy atom. The van der Waals surface area contributed by atoms with E-state index in [0.717, 1.165) is 32.2 Å². The molecule has 1 saturated carbocycles. The molecule has 1 saturated heterocycles. The fourth-order valence-corrected chi connectivity index (χ4v) is 6.18. The van der Waals surface area contributed by atoms with Gasteiger partial charge in [-0.2, -0.15) is 0 Å². The summed E-state index contributed by atoms with van der Waals surface area (Å²) >= 11 is 0. The number of phenolic OH excluding ortho intramolecular Hbond substituents is 1. The van der Waals surface area contributed by atoms with E-state index in [1.165, 1.54) is 11.1 Å². The number of benzene rings is 1. The zero-order valence-corrected chi connectivity index (χ0v) is 13.7. The number of nitrogens with zero attached hydrogens (tertiary/aromatic N) is 1. The molecule has 0 aromatic heterocycles. The van der Waals surface area contributed by atoms with Crippen LogP contribution in [0.3, 0.4) is 0 Å². The molecule has 2 heterocycles. The summed E-state index contributed by atoms with van der Waals surface area (Å²) < 4.78 is 12.6. The Kier molecular flexibility index (Phi) is 2.57. The van der Waals surface area contributed by atoms with Gasteiger partial charge in [-0.3, -0.25) is 0 Å². The predicted octanol–water partition coefficient (Wildman–Crippen LogP) is 1.16. The van der Waals surface area contributed by atoms with Gasteiger partial charge in [-0.25, -0.2) is 0 Å². The standard InChI is InChI=1S/C18H24N2O3/c1-20-8-7-17-14-10-3-4-12(21)15(14)23-16(17)11(19)5-6-18(17,22-2)13(20)9-10/h3-4,11,13,16,21H,5-9,19H2,1-2H3/t11-,13?,16-,17?,18+/m0/s1. The number of likely N-dealkylation sites (tertiary alicyclic amines) is 1. The van der Waals surface area contributed by atoms with Crippen molar-refractivity contribution >= 4 is 0 Å². The van der Waals surface area contributed by atoms with Gasteiger partial charge in [0.1, 0.15) is 6.10 Å². The average Bonchev–Trinajstić information content (AvgIpc) is 2.91. The molecule has 2 aliphatic carbocycles. The summed E-state index contributed by atoms with van der Waals surface area (Å²) in [6.07, 6.45) is 3.66. The van der Waals surface area contributed by atoms with Crippen molar-refractivity contribution in [2.75, 3.05) is 20.7 Å². The van der Waals surface area contributed by atoms with Crippen molar-refractivity contribution in [3.05, 3.63) is 23.3 Å². The maximum atomic E-state index is 10.4. The number of nitrogens with two attached hydrogens (primary N) is 1. The van der Waals surface area contributed by atoms with Crippen LogP contribution in [0.25, 0.3) is 0 Å². The van der Waals surface area contributed by atoms with Crippen molar-refractivity contribution < 1.29 is 14.6 Å². The lowest BCUT2D eigenvalue weighted by atomic mass is 9.48. The maximum Gasteiger partial charge on any atom is 0.165 e. The van der Waals surface area contributed by atoms with Crippen LogP contribution in [0, 0.1) is 0 Å². The highest BCUT2D eigenvalue weighted by Gasteiger charge is 2.73. The van der Waals surface area contributed by atoms with Gasteiger partial charge in [0, 0.05) is 24.8 Å². The highest BCUT2D eigenvalue weighted by Crippen LogP contribution is 2.66. The molecule has 2 unspecified atom stereocenters. The molecule has 2 aliphatic heterocycles. The number of hydrogen-bond acceptors (Lipinski definition) is 5. The lowest BCUT2D eigenvalue weighted by molar-refractivity contribution is -0.201. The minimum Gasteiger partial charge on any atom is -0.504 e. The first kappa shape index (κ1) is 14.1. The zero-order chi connectivity index (χ0) is 16.0. The highest BCUT2D eigenvalue weighted by atomic mass is 16.5. The Hall–Kier alpha value is -1.30. The fourth-order valence-electron chi connectivity index (χ4n) is 6.18. The summed E-state index contributed by atoms with van der Waals surface area (Å²) in [5.41, 5.74) is 8.47. The Balaban J connectivity index is 1.86. The van der Waals surface area contributed by atoms with Gasteiger partial charge < -0.3 is 25.2 Å². The number of aromatic hydroxyl groups is 1. The molecular weight excluding hydrogens is 292 g/mol. The topological polar surface area (TPSA) is 68.0 Å². The summed E-state index contributed by atoms with van der Waals surface area (Å²) in [6, 6.07) is 4.15. The Bertz CT molecular complexity index is 693. The smallest absolute Gasteiger partial charge is 0.165 e. The van der Waals surface area contributed by atoms with Crippen LogP contribution in [0.4, 0.5) is 0 Å². The molecule has 5 heteroatoms. The number of hydrogen-bond donors (Lipinski definition) is 2. The second kappa shape index (κ2) is 4.21. The van der Waals surface area contributed by atoms with Crippen molar-refractivity contribution in [2.45, 2.75) is 54.9 Å². The van der Waals surface area contributed by atoms with Crippen LogP contribution in [-0.2, 0) is 16.6 Å². The molecule has 124 valence electrons. The van der Waals surface area contributed by atoms with Crippen LogP contribution in [0.5, 0.6) is 11.5 Å². The van der Waals surface area contributed by atoms with Crippen LogP contribution in [0.15, 0.2) is 12.1 Å². The van der Waals surface area contributed by atoms with E-state index in [0.29, 0.717) is 11.8 Å². The number of phenols is 1. The van der Waals surface area contributed by atoms with E-state index in [1.807, 2.05) is 7.11 Å². The molecule has 4 aliphatic rings. The minimum atomic E-state index is -0.271. The maximum absolute atomic E-state index is 10.4. The van der Waals surface area contributed by atoms with E-state index in [4.69, 9.17) is 15.2 Å². The number of ether oxygens (including phenoxy) is 2. The van der Waals surface area contributed by atoms with Crippen LogP contribution in [-0.4, -0.2) is 54.5 Å². The lowest BCUT2D eigenvalue weighted by Crippen LogP contribution is -2.78. The van der Waals surface area contributed by atoms with Crippen molar-refractivity contribution in [3.63, 3.8) is 0 Å². The van der Waals surface area contributed by atoms with Crippen molar-refractivity contribution in [1.82, 2.24) is 4.90 Å². The monoisotopic (exact) mass is 316 g/mol. The SMILES string of the molecule is CO[C@@]12CC[C@H](N)[C@@H]3Oc4c(O)ccc5c4C31CCN(C)C2C5. The quantitative estimate of drug-likeness (QED) is 0.814. The largest absolute Gasteiger partial charge is 0.504 e. The first-order chi connectivity index (χ1) is 11.0. The van der Waals surface area contributed by atoms with Crippen molar-refractivity contribution in [2.24, 2.45) is 5.73 Å². The number of likely N-dealkylation sites (N-methyl/N-ethyl adjacent to an activating group) is 1. The van der Waals surface area contributed by atoms with E-state index in [2.05, 4.69) is 18.0 Å². The number of piperidine rings is 1. The molecule has 5 nitrogen and oxygen atoms in total. The molecule has 5 rings (SSSR count). The normalized spacial score (nSPS) is 43.9. The first-order valence-electron chi connectivity index (χ1n) is 8.58. The molecule has 5 atom stereocenters. The van der Waals surface area contributed by atoms with Crippen molar-refractivity contribution in [3.8, 4) is 11.5 Å². The van der Waals surface area contributed by atoms with E-state index in [-0.39, 0.29) is 28.9 Å². The van der Waals surface area contributed by atoms with Gasteiger partial charge in [0.15, 0.2) is 11.5 Å². The number of methoxy groups -OCH3 is 1. The highest BCUT2D eigenvalue weighted by molar-refractivity contribution is 5.62. The summed E-state index contributed by atoms with van der Waals surface area (Å²) in [5, 5.41) is 10.4. The van der Waals surface area contributed by atoms with Gasteiger partial charge in [-0.05, 0) is 50.9 Å². The van der Waals surface area contributed by atoms with Gasteiger partial charge in [-0.15, -0.1) is 0 Å². The molecule has 23 heavy (non-hydrogen) atoms. The van der Waals surface area contributed by atoms with E-state index < -0.39 is 0 Å². The van der Waals surface area contributed by atoms with Gasteiger partial charge in [0.05, 0.1) is 11.0 Å². The fraction of sp³-hybridized carbons (Fsp3) is 0.667. The van der Waals surface area contributed by atoms with Crippen LogP contribution in [0.2, 0.25) is 0 Å². The lowest BCUT2D eigenvalue weighted by Gasteiger charge is -2.65. The molecule has 3 N–H and O–H groups in total. The van der Waals surface area contributed by atoms with Crippen LogP contribution in [0.1, 0.15) is 30.4 Å². The first-order valence-corrected chi connectivity index (χ1v) is 8.58. The van der Waals surface area contributed by atoms with E-state index >= 15 is 0 Å². The second-order valence-electron chi connectivity index (χ2n) is 7.70. The summed E-state index contributed by atoms with van der Waals surface area (Å²) in [5.74, 6) is 0.899. The molecule has 1 aromatic carbocycles. The third kappa shape index (κ3) is 1.33. The van der Waals surface area contributed by atoms with Gasteiger partial charge in [-0.1, -0.05) is 6.07 Å². The van der Waals surface area contributed by atoms with E-state index in [1.54, 1.807) is 6.07 Å².